The molecule has 2 atom stereocenters. The van der Waals surface area contributed by atoms with Crippen molar-refractivity contribution in [2.75, 3.05) is 13.2 Å². The van der Waals surface area contributed by atoms with E-state index in [1.807, 2.05) is 6.07 Å². The lowest BCUT2D eigenvalue weighted by Gasteiger charge is -2.27. The number of benzene rings is 1. The number of hydrogen-bond acceptors (Lipinski definition) is 2. The predicted octanol–water partition coefficient (Wildman–Crippen LogP) is 1.77. The standard InChI is InChI=1S/C12H15FO2/c13-11-4-2-1-3-9(11)7-10-8-15-6-5-12(10)14/h1-4,10,12,14H,5-8H2/t10-,12-/m0/s1. The highest BCUT2D eigenvalue weighted by atomic mass is 19.1. The molecule has 0 bridgehead atoms. The van der Waals surface area contributed by atoms with Crippen molar-refractivity contribution in [1.82, 2.24) is 0 Å². The molecular formula is C12H15FO2. The van der Waals surface area contributed by atoms with E-state index in [1.165, 1.54) is 6.07 Å². The molecule has 0 aliphatic carbocycles. The summed E-state index contributed by atoms with van der Waals surface area (Å²) >= 11 is 0. The molecule has 0 aromatic heterocycles. The lowest BCUT2D eigenvalue weighted by molar-refractivity contribution is -0.0352. The first kappa shape index (κ1) is 10.6. The first-order valence-corrected chi connectivity index (χ1v) is 5.26. The molecule has 0 amide bonds. The summed E-state index contributed by atoms with van der Waals surface area (Å²) in [7, 11) is 0. The normalized spacial score (nSPS) is 26.5. The van der Waals surface area contributed by atoms with Crippen LogP contribution < -0.4 is 0 Å². The maximum absolute atomic E-state index is 13.3. The topological polar surface area (TPSA) is 29.5 Å². The maximum atomic E-state index is 13.3. The summed E-state index contributed by atoms with van der Waals surface area (Å²) in [5.74, 6) is -0.175. The van der Waals surface area contributed by atoms with Crippen LogP contribution in [0.5, 0.6) is 0 Å². The molecule has 82 valence electrons. The maximum Gasteiger partial charge on any atom is 0.126 e. The number of rotatable bonds is 2. The summed E-state index contributed by atoms with van der Waals surface area (Å²) in [6, 6.07) is 6.70. The van der Waals surface area contributed by atoms with Gasteiger partial charge in [0.05, 0.1) is 12.7 Å². The average molecular weight is 210 g/mol. The highest BCUT2D eigenvalue weighted by molar-refractivity contribution is 5.18. The first-order valence-electron chi connectivity index (χ1n) is 5.26. The van der Waals surface area contributed by atoms with E-state index in [9.17, 15) is 9.50 Å². The van der Waals surface area contributed by atoms with Gasteiger partial charge in [-0.2, -0.15) is 0 Å². The van der Waals surface area contributed by atoms with E-state index in [2.05, 4.69) is 0 Å². The van der Waals surface area contributed by atoms with Crippen molar-refractivity contribution < 1.29 is 14.2 Å². The van der Waals surface area contributed by atoms with E-state index in [4.69, 9.17) is 4.74 Å². The SMILES string of the molecule is O[C@H]1CCOC[C@@H]1Cc1ccccc1F. The molecule has 1 fully saturated rings. The molecule has 1 aliphatic heterocycles. The van der Waals surface area contributed by atoms with Gasteiger partial charge in [0.1, 0.15) is 5.82 Å². The molecule has 2 rings (SSSR count). The van der Waals surface area contributed by atoms with Crippen LogP contribution >= 0.6 is 0 Å². The van der Waals surface area contributed by atoms with Gasteiger partial charge in [-0.05, 0) is 24.5 Å². The molecule has 0 spiro atoms. The Bertz CT molecular complexity index is 327. The molecule has 1 saturated heterocycles. The van der Waals surface area contributed by atoms with Crippen LogP contribution in [0, 0.1) is 11.7 Å². The van der Waals surface area contributed by atoms with Gasteiger partial charge in [-0.15, -0.1) is 0 Å². The highest BCUT2D eigenvalue weighted by Gasteiger charge is 2.24. The molecule has 0 radical (unpaired) electrons. The lowest BCUT2D eigenvalue weighted by atomic mass is 9.91. The van der Waals surface area contributed by atoms with Crippen molar-refractivity contribution in [2.45, 2.75) is 18.9 Å². The van der Waals surface area contributed by atoms with E-state index >= 15 is 0 Å². The summed E-state index contributed by atoms with van der Waals surface area (Å²) in [6.45, 7) is 1.13. The van der Waals surface area contributed by atoms with Gasteiger partial charge >= 0.3 is 0 Å². The Labute approximate surface area is 88.7 Å². The summed E-state index contributed by atoms with van der Waals surface area (Å²) in [5, 5.41) is 9.72. The number of ether oxygens (including phenoxy) is 1. The van der Waals surface area contributed by atoms with Crippen LogP contribution in [0.3, 0.4) is 0 Å². The molecule has 2 nitrogen and oxygen atoms in total. The minimum Gasteiger partial charge on any atom is -0.393 e. The number of hydrogen-bond donors (Lipinski definition) is 1. The Morgan fingerprint density at radius 2 is 2.20 bits per heavy atom. The van der Waals surface area contributed by atoms with Crippen LogP contribution in [-0.2, 0) is 11.2 Å². The number of aliphatic hydroxyl groups is 1. The lowest BCUT2D eigenvalue weighted by Crippen LogP contribution is -2.33. The van der Waals surface area contributed by atoms with Crippen LogP contribution in [0.15, 0.2) is 24.3 Å². The van der Waals surface area contributed by atoms with Crippen molar-refractivity contribution in [3.8, 4) is 0 Å². The van der Waals surface area contributed by atoms with Gasteiger partial charge in [0.15, 0.2) is 0 Å². The smallest absolute Gasteiger partial charge is 0.126 e. The van der Waals surface area contributed by atoms with Crippen molar-refractivity contribution in [2.24, 2.45) is 5.92 Å². The molecule has 1 heterocycles. The van der Waals surface area contributed by atoms with Gasteiger partial charge in [0, 0.05) is 12.5 Å². The quantitative estimate of drug-likeness (QED) is 0.806. The molecule has 1 aromatic rings. The van der Waals surface area contributed by atoms with Crippen LogP contribution in [-0.4, -0.2) is 24.4 Å². The summed E-state index contributed by atoms with van der Waals surface area (Å²) in [4.78, 5) is 0. The summed E-state index contributed by atoms with van der Waals surface area (Å²) in [5.41, 5.74) is 0.659. The molecule has 1 N–H and O–H groups in total. The van der Waals surface area contributed by atoms with E-state index in [0.29, 0.717) is 31.6 Å². The second-order valence-corrected chi connectivity index (χ2v) is 3.99. The largest absolute Gasteiger partial charge is 0.393 e. The Morgan fingerprint density at radius 1 is 1.40 bits per heavy atom. The zero-order valence-electron chi connectivity index (χ0n) is 8.53. The van der Waals surface area contributed by atoms with Gasteiger partial charge in [-0.3, -0.25) is 0 Å². The number of aliphatic hydroxyl groups excluding tert-OH is 1. The molecule has 1 aliphatic rings. The van der Waals surface area contributed by atoms with Crippen molar-refractivity contribution in [3.05, 3.63) is 35.6 Å². The van der Waals surface area contributed by atoms with Gasteiger partial charge in [0.25, 0.3) is 0 Å². The Kier molecular flexibility index (Phi) is 3.34. The van der Waals surface area contributed by atoms with Crippen LogP contribution in [0.1, 0.15) is 12.0 Å². The molecule has 0 saturated carbocycles. The summed E-state index contributed by atoms with van der Waals surface area (Å²) < 4.78 is 18.6. The van der Waals surface area contributed by atoms with Crippen molar-refractivity contribution in [1.29, 1.82) is 0 Å². The Morgan fingerprint density at radius 3 is 2.93 bits per heavy atom. The monoisotopic (exact) mass is 210 g/mol. The third-order valence-electron chi connectivity index (χ3n) is 2.87. The molecule has 15 heavy (non-hydrogen) atoms. The van der Waals surface area contributed by atoms with Crippen LogP contribution in [0.25, 0.3) is 0 Å². The molecule has 1 aromatic carbocycles. The predicted molar refractivity (Wildman–Crippen MR) is 55.0 cm³/mol. The van der Waals surface area contributed by atoms with Crippen molar-refractivity contribution >= 4 is 0 Å². The summed E-state index contributed by atoms with van der Waals surface area (Å²) in [6.07, 6.45) is 0.839. The average Bonchev–Trinajstić information content (AvgIpc) is 2.24. The van der Waals surface area contributed by atoms with E-state index < -0.39 is 0 Å². The third-order valence-corrected chi connectivity index (χ3v) is 2.87. The van der Waals surface area contributed by atoms with E-state index in [0.717, 1.165) is 0 Å². The Balaban J connectivity index is 2.04. The van der Waals surface area contributed by atoms with Gasteiger partial charge in [-0.1, -0.05) is 18.2 Å². The minimum atomic E-state index is -0.363. The second-order valence-electron chi connectivity index (χ2n) is 3.99. The number of halogens is 1. The molecule has 0 unspecified atom stereocenters. The Hall–Kier alpha value is -0.930. The highest BCUT2D eigenvalue weighted by Crippen LogP contribution is 2.20. The van der Waals surface area contributed by atoms with E-state index in [1.54, 1.807) is 12.1 Å². The third kappa shape index (κ3) is 2.55. The zero-order valence-corrected chi connectivity index (χ0v) is 8.53. The van der Waals surface area contributed by atoms with Gasteiger partial charge in [0.2, 0.25) is 0 Å². The molecular weight excluding hydrogens is 195 g/mol. The second kappa shape index (κ2) is 4.73. The fourth-order valence-corrected chi connectivity index (χ4v) is 1.93. The van der Waals surface area contributed by atoms with Gasteiger partial charge < -0.3 is 9.84 Å². The molecule has 3 heteroatoms. The minimum absolute atomic E-state index is 0.0237. The fraction of sp³-hybridized carbons (Fsp3) is 0.500. The fourth-order valence-electron chi connectivity index (χ4n) is 1.93. The van der Waals surface area contributed by atoms with Crippen LogP contribution in [0.2, 0.25) is 0 Å². The zero-order chi connectivity index (χ0) is 10.7. The van der Waals surface area contributed by atoms with Crippen molar-refractivity contribution in [3.63, 3.8) is 0 Å². The van der Waals surface area contributed by atoms with Crippen LogP contribution in [0.4, 0.5) is 4.39 Å². The first-order chi connectivity index (χ1) is 7.27. The van der Waals surface area contributed by atoms with Gasteiger partial charge in [-0.25, -0.2) is 4.39 Å². The van der Waals surface area contributed by atoms with E-state index in [-0.39, 0.29) is 17.8 Å².